The summed E-state index contributed by atoms with van der Waals surface area (Å²) in [6.45, 7) is 9.90. The van der Waals surface area contributed by atoms with Gasteiger partial charge in [-0.2, -0.15) is 0 Å². The first-order valence-electron chi connectivity index (χ1n) is 7.16. The fraction of sp³-hybridized carbons (Fsp3) is 0.625. The Balaban J connectivity index is 2.29. The Morgan fingerprint density at radius 2 is 2.05 bits per heavy atom. The van der Waals surface area contributed by atoms with Crippen molar-refractivity contribution in [2.75, 3.05) is 31.6 Å². The fourth-order valence-corrected chi connectivity index (χ4v) is 2.72. The number of aryl methyl sites for hydroxylation is 1. The zero-order chi connectivity index (χ0) is 13.9. The van der Waals surface area contributed by atoms with Crippen LogP contribution in [0.25, 0.3) is 0 Å². The van der Waals surface area contributed by atoms with Crippen LogP contribution in [0.15, 0.2) is 18.2 Å². The van der Waals surface area contributed by atoms with E-state index in [4.69, 9.17) is 4.74 Å². The lowest BCUT2D eigenvalue weighted by Gasteiger charge is -2.38. The molecule has 1 aromatic carbocycles. The second-order valence-electron chi connectivity index (χ2n) is 6.11. The maximum Gasteiger partial charge on any atom is 0.142 e. The molecule has 1 N–H and O–H groups in total. The normalized spacial score (nSPS) is 19.7. The predicted octanol–water partition coefficient (Wildman–Crippen LogP) is 2.97. The maximum absolute atomic E-state index is 5.53. The predicted molar refractivity (Wildman–Crippen MR) is 81.3 cm³/mol. The molecule has 0 aliphatic carbocycles. The highest BCUT2D eigenvalue weighted by atomic mass is 16.5. The van der Waals surface area contributed by atoms with Crippen molar-refractivity contribution in [2.24, 2.45) is 0 Å². The van der Waals surface area contributed by atoms with Gasteiger partial charge in [0.2, 0.25) is 0 Å². The molecule has 19 heavy (non-hydrogen) atoms. The third-order valence-corrected chi connectivity index (χ3v) is 3.72. The van der Waals surface area contributed by atoms with Crippen LogP contribution in [0.2, 0.25) is 0 Å². The lowest BCUT2D eigenvalue weighted by molar-refractivity contribution is 0.360. The second-order valence-corrected chi connectivity index (χ2v) is 6.11. The molecule has 1 fully saturated rings. The molecule has 1 aromatic rings. The fourth-order valence-electron chi connectivity index (χ4n) is 2.72. The largest absolute Gasteiger partial charge is 0.495 e. The molecule has 0 atom stereocenters. The summed E-state index contributed by atoms with van der Waals surface area (Å²) in [6.07, 6.45) is 2.45. The molecular weight excluding hydrogens is 236 g/mol. The Morgan fingerprint density at radius 1 is 1.26 bits per heavy atom. The molecule has 2 rings (SSSR count). The van der Waals surface area contributed by atoms with E-state index in [-0.39, 0.29) is 5.54 Å². The Hall–Kier alpha value is -1.22. The van der Waals surface area contributed by atoms with Crippen molar-refractivity contribution >= 4 is 5.69 Å². The minimum atomic E-state index is 0.134. The SMILES string of the molecule is COc1ccc(C)cc1N1CCCCNC(C)(C)C1. The van der Waals surface area contributed by atoms with Gasteiger partial charge in [0.15, 0.2) is 0 Å². The lowest BCUT2D eigenvalue weighted by Crippen LogP contribution is -2.51. The zero-order valence-electron chi connectivity index (χ0n) is 12.6. The summed E-state index contributed by atoms with van der Waals surface area (Å²) in [4.78, 5) is 2.46. The van der Waals surface area contributed by atoms with Gasteiger partial charge in [-0.3, -0.25) is 0 Å². The van der Waals surface area contributed by atoms with E-state index in [1.807, 2.05) is 0 Å². The van der Waals surface area contributed by atoms with Crippen molar-refractivity contribution in [3.05, 3.63) is 23.8 Å². The summed E-state index contributed by atoms with van der Waals surface area (Å²) in [5.41, 5.74) is 2.64. The van der Waals surface area contributed by atoms with Gasteiger partial charge in [0, 0.05) is 18.6 Å². The first kappa shape index (κ1) is 14.2. The molecule has 3 nitrogen and oxygen atoms in total. The van der Waals surface area contributed by atoms with E-state index in [1.165, 1.54) is 24.1 Å². The van der Waals surface area contributed by atoms with Gasteiger partial charge in [-0.1, -0.05) is 6.07 Å². The molecule has 0 saturated carbocycles. The topological polar surface area (TPSA) is 24.5 Å². The van der Waals surface area contributed by atoms with Crippen LogP contribution < -0.4 is 15.0 Å². The molecule has 1 aliphatic rings. The Morgan fingerprint density at radius 3 is 2.79 bits per heavy atom. The van der Waals surface area contributed by atoms with Gasteiger partial charge in [-0.15, -0.1) is 0 Å². The molecular formula is C16H26N2O. The van der Waals surface area contributed by atoms with Crippen LogP contribution in [-0.2, 0) is 0 Å². The number of nitrogens with one attached hydrogen (secondary N) is 1. The summed E-state index contributed by atoms with van der Waals surface area (Å²) in [7, 11) is 1.75. The number of benzene rings is 1. The monoisotopic (exact) mass is 262 g/mol. The molecule has 1 saturated heterocycles. The van der Waals surface area contributed by atoms with E-state index in [0.717, 1.165) is 25.4 Å². The first-order chi connectivity index (χ1) is 9.02. The standard InChI is InChI=1S/C16H26N2O/c1-13-7-8-15(19-4)14(11-13)18-10-6-5-9-17-16(2,3)12-18/h7-8,11,17H,5-6,9-10,12H2,1-4H3. The van der Waals surface area contributed by atoms with Crippen molar-refractivity contribution < 1.29 is 4.74 Å². The van der Waals surface area contributed by atoms with Crippen LogP contribution in [-0.4, -0.2) is 32.3 Å². The van der Waals surface area contributed by atoms with Crippen LogP contribution >= 0.6 is 0 Å². The van der Waals surface area contributed by atoms with E-state index in [9.17, 15) is 0 Å². The summed E-state index contributed by atoms with van der Waals surface area (Å²) in [6, 6.07) is 6.41. The molecule has 0 unspecified atom stereocenters. The minimum Gasteiger partial charge on any atom is -0.495 e. The van der Waals surface area contributed by atoms with Crippen LogP contribution in [0, 0.1) is 6.92 Å². The Labute approximate surface area is 116 Å². The van der Waals surface area contributed by atoms with Gasteiger partial charge in [0.25, 0.3) is 0 Å². The van der Waals surface area contributed by atoms with Gasteiger partial charge < -0.3 is 15.0 Å². The third kappa shape index (κ3) is 3.63. The van der Waals surface area contributed by atoms with Crippen molar-refractivity contribution in [1.29, 1.82) is 0 Å². The van der Waals surface area contributed by atoms with Crippen molar-refractivity contribution in [2.45, 2.75) is 39.2 Å². The molecule has 0 radical (unpaired) electrons. The minimum absolute atomic E-state index is 0.134. The first-order valence-corrected chi connectivity index (χ1v) is 7.16. The van der Waals surface area contributed by atoms with Crippen molar-refractivity contribution in [3.63, 3.8) is 0 Å². The van der Waals surface area contributed by atoms with Crippen molar-refractivity contribution in [1.82, 2.24) is 5.32 Å². The number of methoxy groups -OCH3 is 1. The summed E-state index contributed by atoms with van der Waals surface area (Å²) < 4.78 is 5.53. The molecule has 3 heteroatoms. The van der Waals surface area contributed by atoms with Crippen molar-refractivity contribution in [3.8, 4) is 5.75 Å². The highest BCUT2D eigenvalue weighted by Gasteiger charge is 2.24. The molecule has 0 amide bonds. The second kappa shape index (κ2) is 5.83. The Kier molecular flexibility index (Phi) is 4.35. The van der Waals surface area contributed by atoms with Gasteiger partial charge in [0.1, 0.15) is 5.75 Å². The summed E-state index contributed by atoms with van der Waals surface area (Å²) >= 11 is 0. The van der Waals surface area contributed by atoms with Crippen LogP contribution in [0.5, 0.6) is 5.75 Å². The zero-order valence-corrected chi connectivity index (χ0v) is 12.6. The maximum atomic E-state index is 5.53. The number of hydrogen-bond acceptors (Lipinski definition) is 3. The van der Waals surface area contributed by atoms with E-state index >= 15 is 0 Å². The summed E-state index contributed by atoms with van der Waals surface area (Å²) in [5, 5.41) is 3.63. The van der Waals surface area contributed by atoms with Gasteiger partial charge >= 0.3 is 0 Å². The Bertz CT molecular complexity index is 429. The average molecular weight is 262 g/mol. The average Bonchev–Trinajstić information content (AvgIpc) is 2.34. The van der Waals surface area contributed by atoms with Gasteiger partial charge in [-0.25, -0.2) is 0 Å². The number of ether oxygens (including phenoxy) is 1. The smallest absolute Gasteiger partial charge is 0.142 e. The molecule has 1 heterocycles. The molecule has 0 bridgehead atoms. The van der Waals surface area contributed by atoms with E-state index in [2.05, 4.69) is 49.2 Å². The molecule has 0 spiro atoms. The van der Waals surface area contributed by atoms with E-state index in [0.29, 0.717) is 0 Å². The number of hydrogen-bond donors (Lipinski definition) is 1. The number of rotatable bonds is 2. The molecule has 0 aromatic heterocycles. The lowest BCUT2D eigenvalue weighted by atomic mass is 10.0. The van der Waals surface area contributed by atoms with E-state index in [1.54, 1.807) is 7.11 Å². The van der Waals surface area contributed by atoms with Crippen LogP contribution in [0.3, 0.4) is 0 Å². The molecule has 106 valence electrons. The van der Waals surface area contributed by atoms with E-state index < -0.39 is 0 Å². The third-order valence-electron chi connectivity index (χ3n) is 3.72. The molecule has 1 aliphatic heterocycles. The highest BCUT2D eigenvalue weighted by molar-refractivity contribution is 5.60. The van der Waals surface area contributed by atoms with Crippen LogP contribution in [0.4, 0.5) is 5.69 Å². The highest BCUT2D eigenvalue weighted by Crippen LogP contribution is 2.31. The van der Waals surface area contributed by atoms with Crippen LogP contribution in [0.1, 0.15) is 32.3 Å². The van der Waals surface area contributed by atoms with Gasteiger partial charge in [-0.05, 0) is 57.9 Å². The summed E-state index contributed by atoms with van der Waals surface area (Å²) in [5.74, 6) is 0.974. The quantitative estimate of drug-likeness (QED) is 0.887. The number of nitrogens with zero attached hydrogens (tertiary/aromatic N) is 1. The van der Waals surface area contributed by atoms with Gasteiger partial charge in [0.05, 0.1) is 12.8 Å². The number of anilines is 1.